The topological polar surface area (TPSA) is 38.7 Å². The second kappa shape index (κ2) is 3.70. The summed E-state index contributed by atoms with van der Waals surface area (Å²) in [6.07, 6.45) is 2.55. The third-order valence-electron chi connectivity index (χ3n) is 1.85. The lowest BCUT2D eigenvalue weighted by molar-refractivity contribution is 0.291. The second-order valence-corrected chi connectivity index (χ2v) is 2.99. The van der Waals surface area contributed by atoms with Gasteiger partial charge in [0.2, 0.25) is 0 Å². The predicted octanol–water partition coefficient (Wildman–Crippen LogP) is 1.13. The highest BCUT2D eigenvalue weighted by Gasteiger charge is 2.24. The molecule has 0 unspecified atom stereocenters. The maximum Gasteiger partial charge on any atom is 0.569 e. The summed E-state index contributed by atoms with van der Waals surface area (Å²) in [5, 5.41) is 8.49. The Labute approximate surface area is 77.6 Å². The summed E-state index contributed by atoms with van der Waals surface area (Å²) < 4.78 is 10.4. The van der Waals surface area contributed by atoms with Crippen LogP contribution >= 0.6 is 0 Å². The van der Waals surface area contributed by atoms with Crippen LogP contribution in [0.15, 0.2) is 24.3 Å². The molecule has 0 heterocycles. The van der Waals surface area contributed by atoms with Crippen molar-refractivity contribution in [2.45, 2.75) is 18.9 Å². The Bertz CT molecular complexity index is 286. The summed E-state index contributed by atoms with van der Waals surface area (Å²) in [6, 6.07) is 7.29. The van der Waals surface area contributed by atoms with Crippen molar-refractivity contribution in [3.8, 4) is 11.5 Å². The van der Waals surface area contributed by atoms with Gasteiger partial charge in [-0.05, 0) is 25.0 Å². The molecule has 1 aromatic carbocycles. The van der Waals surface area contributed by atoms with E-state index < -0.39 is 0 Å². The maximum atomic E-state index is 8.49. The molecule has 1 radical (unpaired) electrons. The Hall–Kier alpha value is -1.16. The molecule has 3 nitrogen and oxygen atoms in total. The average molecular weight is 177 g/mol. The summed E-state index contributed by atoms with van der Waals surface area (Å²) in [6.45, 7) is 0. The Morgan fingerprint density at radius 3 is 2.54 bits per heavy atom. The fraction of sp³-hybridized carbons (Fsp3) is 0.333. The quantitative estimate of drug-likeness (QED) is 0.700. The first kappa shape index (κ1) is 8.44. The molecule has 13 heavy (non-hydrogen) atoms. The van der Waals surface area contributed by atoms with Crippen LogP contribution in [0.5, 0.6) is 11.5 Å². The Balaban J connectivity index is 2.10. The smallest absolute Gasteiger partial charge is 0.535 e. The van der Waals surface area contributed by atoms with Gasteiger partial charge in [0.05, 0.1) is 6.10 Å². The zero-order chi connectivity index (χ0) is 9.10. The molecule has 1 aliphatic carbocycles. The van der Waals surface area contributed by atoms with Crippen molar-refractivity contribution < 1.29 is 14.4 Å². The van der Waals surface area contributed by atoms with Crippen LogP contribution in [0, 0.1) is 0 Å². The molecule has 1 N–H and O–H groups in total. The van der Waals surface area contributed by atoms with Gasteiger partial charge in [0.25, 0.3) is 0 Å². The molecule has 0 bridgehead atoms. The summed E-state index contributed by atoms with van der Waals surface area (Å²) in [7, 11) is 0.662. The van der Waals surface area contributed by atoms with E-state index in [2.05, 4.69) is 0 Å². The molecule has 1 saturated carbocycles. The number of rotatable bonds is 4. The largest absolute Gasteiger partial charge is 0.569 e. The van der Waals surface area contributed by atoms with Gasteiger partial charge in [-0.15, -0.1) is 0 Å². The van der Waals surface area contributed by atoms with Crippen molar-refractivity contribution >= 4 is 7.69 Å². The molecule has 0 aliphatic heterocycles. The van der Waals surface area contributed by atoms with Gasteiger partial charge in [-0.3, -0.25) is 0 Å². The monoisotopic (exact) mass is 177 g/mol. The van der Waals surface area contributed by atoms with Crippen LogP contribution in [0.4, 0.5) is 0 Å². The van der Waals surface area contributed by atoms with Crippen LogP contribution in [-0.4, -0.2) is 18.8 Å². The van der Waals surface area contributed by atoms with E-state index in [4.69, 9.17) is 14.4 Å². The minimum atomic E-state index is 0.337. The van der Waals surface area contributed by atoms with Gasteiger partial charge >= 0.3 is 7.69 Å². The number of para-hydroxylation sites is 2. The van der Waals surface area contributed by atoms with Gasteiger partial charge in [0.1, 0.15) is 5.75 Å². The first-order chi connectivity index (χ1) is 6.40. The number of ether oxygens (including phenoxy) is 1. The van der Waals surface area contributed by atoms with Crippen molar-refractivity contribution in [2.75, 3.05) is 0 Å². The SMILES string of the molecule is O[B]Oc1ccccc1OC1CC1. The lowest BCUT2D eigenvalue weighted by Crippen LogP contribution is -2.03. The molecule has 0 amide bonds. The van der Waals surface area contributed by atoms with Crippen LogP contribution < -0.4 is 9.39 Å². The van der Waals surface area contributed by atoms with Crippen LogP contribution in [-0.2, 0) is 0 Å². The van der Waals surface area contributed by atoms with Gasteiger partial charge in [0, 0.05) is 0 Å². The number of hydrogen-bond acceptors (Lipinski definition) is 3. The van der Waals surface area contributed by atoms with Gasteiger partial charge in [-0.25, -0.2) is 0 Å². The van der Waals surface area contributed by atoms with E-state index in [1.54, 1.807) is 6.07 Å². The Morgan fingerprint density at radius 2 is 1.92 bits per heavy atom. The number of hydrogen-bond donors (Lipinski definition) is 1. The molecule has 0 spiro atoms. The molecule has 1 aliphatic rings. The molecule has 4 heteroatoms. The van der Waals surface area contributed by atoms with E-state index in [-0.39, 0.29) is 0 Å². The van der Waals surface area contributed by atoms with E-state index in [0.717, 1.165) is 12.8 Å². The molecular weight excluding hydrogens is 167 g/mol. The first-order valence-electron chi connectivity index (χ1n) is 4.28. The van der Waals surface area contributed by atoms with Crippen molar-refractivity contribution in [3.63, 3.8) is 0 Å². The molecule has 0 aromatic heterocycles. The Kier molecular flexibility index (Phi) is 2.41. The third kappa shape index (κ3) is 2.15. The summed E-state index contributed by atoms with van der Waals surface area (Å²) in [5.41, 5.74) is 0. The highest BCUT2D eigenvalue weighted by molar-refractivity contribution is 6.17. The van der Waals surface area contributed by atoms with E-state index in [0.29, 0.717) is 25.3 Å². The zero-order valence-electron chi connectivity index (χ0n) is 7.14. The van der Waals surface area contributed by atoms with E-state index in [1.165, 1.54) is 0 Å². The van der Waals surface area contributed by atoms with Gasteiger partial charge in [-0.1, -0.05) is 12.1 Å². The second-order valence-electron chi connectivity index (χ2n) is 2.99. The normalized spacial score (nSPS) is 15.2. The van der Waals surface area contributed by atoms with Crippen molar-refractivity contribution in [2.24, 2.45) is 0 Å². The van der Waals surface area contributed by atoms with E-state index in [1.807, 2.05) is 18.2 Å². The molecule has 2 rings (SSSR count). The van der Waals surface area contributed by atoms with E-state index in [9.17, 15) is 0 Å². The fourth-order valence-corrected chi connectivity index (χ4v) is 1.07. The molecule has 0 saturated heterocycles. The zero-order valence-corrected chi connectivity index (χ0v) is 7.14. The summed E-state index contributed by atoms with van der Waals surface area (Å²) >= 11 is 0. The molecule has 0 atom stereocenters. The lowest BCUT2D eigenvalue weighted by Gasteiger charge is -2.09. The highest BCUT2D eigenvalue weighted by atomic mass is 16.5. The van der Waals surface area contributed by atoms with Crippen LogP contribution in [0.1, 0.15) is 12.8 Å². The molecule has 67 valence electrons. The average Bonchev–Trinajstić information content (AvgIpc) is 2.93. The standard InChI is InChI=1S/C9H10BO3/c11-10-13-9-4-2-1-3-8(9)12-7-5-6-7/h1-4,7,11H,5-6H2. The van der Waals surface area contributed by atoms with E-state index >= 15 is 0 Å². The first-order valence-corrected chi connectivity index (χ1v) is 4.28. The lowest BCUT2D eigenvalue weighted by atomic mass is 10.3. The Morgan fingerprint density at radius 1 is 1.23 bits per heavy atom. The van der Waals surface area contributed by atoms with Crippen molar-refractivity contribution in [3.05, 3.63) is 24.3 Å². The van der Waals surface area contributed by atoms with Gasteiger partial charge < -0.3 is 14.4 Å². The predicted molar refractivity (Wildman–Crippen MR) is 48.7 cm³/mol. The number of benzene rings is 1. The summed E-state index contributed by atoms with van der Waals surface area (Å²) in [4.78, 5) is 0. The maximum absolute atomic E-state index is 8.49. The van der Waals surface area contributed by atoms with Crippen LogP contribution in [0.25, 0.3) is 0 Å². The molecule has 1 fully saturated rings. The van der Waals surface area contributed by atoms with Gasteiger partial charge in [0.15, 0.2) is 5.75 Å². The summed E-state index contributed by atoms with van der Waals surface area (Å²) in [5.74, 6) is 1.24. The van der Waals surface area contributed by atoms with Gasteiger partial charge in [-0.2, -0.15) is 0 Å². The molecular formula is C9H10BO3. The van der Waals surface area contributed by atoms with Crippen molar-refractivity contribution in [1.82, 2.24) is 0 Å². The van der Waals surface area contributed by atoms with Crippen molar-refractivity contribution in [1.29, 1.82) is 0 Å². The molecule has 1 aromatic rings. The third-order valence-corrected chi connectivity index (χ3v) is 1.85. The van der Waals surface area contributed by atoms with Crippen LogP contribution in [0.3, 0.4) is 0 Å². The minimum Gasteiger partial charge on any atom is -0.535 e. The van der Waals surface area contributed by atoms with Crippen LogP contribution in [0.2, 0.25) is 0 Å². The minimum absolute atomic E-state index is 0.337. The highest BCUT2D eigenvalue weighted by Crippen LogP contribution is 2.32. The fourth-order valence-electron chi connectivity index (χ4n) is 1.07.